The molecule has 0 spiro atoms. The number of terminal acetylenes is 1. The maximum Gasteiger partial charge on any atom is 0.382 e. The molecule has 34 heavy (non-hydrogen) atoms. The highest BCUT2D eigenvalue weighted by molar-refractivity contribution is 5.86. The lowest BCUT2D eigenvalue weighted by Gasteiger charge is -2.01. The third-order valence-electron chi connectivity index (χ3n) is 5.77. The van der Waals surface area contributed by atoms with Gasteiger partial charge in [-0.2, -0.15) is 0 Å². The molecule has 0 amide bonds. The van der Waals surface area contributed by atoms with Crippen LogP contribution in [-0.4, -0.2) is 22.3 Å². The predicted molar refractivity (Wildman–Crippen MR) is 145 cm³/mol. The highest BCUT2D eigenvalue weighted by Crippen LogP contribution is 2.12. The number of hydrogen-bond donors (Lipinski definition) is 2. The maximum absolute atomic E-state index is 10.2. The van der Waals surface area contributed by atoms with Crippen LogP contribution < -0.4 is 0 Å². The molecule has 3 heteroatoms. The Labute approximate surface area is 209 Å². The Hall–Kier alpha value is -2.23. The number of carboxylic acids is 1. The van der Waals surface area contributed by atoms with E-state index in [4.69, 9.17) is 11.5 Å². The summed E-state index contributed by atoms with van der Waals surface area (Å²) < 4.78 is 0. The van der Waals surface area contributed by atoms with Crippen molar-refractivity contribution in [3.8, 4) is 24.2 Å². The van der Waals surface area contributed by atoms with E-state index in [1.54, 1.807) is 12.2 Å². The van der Waals surface area contributed by atoms with Crippen molar-refractivity contribution in [3.63, 3.8) is 0 Å². The number of carboxylic acid groups (broad SMARTS) is 1. The Morgan fingerprint density at radius 3 is 1.44 bits per heavy atom. The number of aliphatic hydroxyl groups is 1. The fourth-order valence-electron chi connectivity index (χ4n) is 3.76. The van der Waals surface area contributed by atoms with Crippen molar-refractivity contribution < 1.29 is 15.0 Å². The van der Waals surface area contributed by atoms with E-state index < -0.39 is 12.1 Å². The van der Waals surface area contributed by atoms with Crippen molar-refractivity contribution in [2.75, 3.05) is 0 Å². The molecule has 0 aliphatic heterocycles. The van der Waals surface area contributed by atoms with Gasteiger partial charge in [-0.3, -0.25) is 0 Å². The first kappa shape index (κ1) is 31.8. The quantitative estimate of drug-likeness (QED) is 0.0957. The van der Waals surface area contributed by atoms with E-state index in [0.29, 0.717) is 0 Å². The second-order valence-electron chi connectivity index (χ2n) is 8.95. The third-order valence-corrected chi connectivity index (χ3v) is 5.77. The summed E-state index contributed by atoms with van der Waals surface area (Å²) in [4.78, 5) is 10.2. The first-order valence-corrected chi connectivity index (χ1v) is 13.5. The summed E-state index contributed by atoms with van der Waals surface area (Å²) in [6, 6.07) is 0. The van der Waals surface area contributed by atoms with Gasteiger partial charge in [0.2, 0.25) is 0 Å². The average Bonchev–Trinajstić information content (AvgIpc) is 2.83. The summed E-state index contributed by atoms with van der Waals surface area (Å²) in [5, 5.41) is 17.6. The molecular weight excluding hydrogens is 420 g/mol. The molecule has 0 saturated carbocycles. The van der Waals surface area contributed by atoms with Crippen LogP contribution in [0, 0.1) is 24.2 Å². The van der Waals surface area contributed by atoms with Gasteiger partial charge in [-0.15, -0.1) is 6.42 Å². The van der Waals surface area contributed by atoms with Gasteiger partial charge in [-0.05, 0) is 63.5 Å². The summed E-state index contributed by atoms with van der Waals surface area (Å²) in [5.41, 5.74) is 0. The number of rotatable bonds is 22. The van der Waals surface area contributed by atoms with Gasteiger partial charge in [-0.1, -0.05) is 107 Å². The van der Waals surface area contributed by atoms with E-state index >= 15 is 0 Å². The topological polar surface area (TPSA) is 57.5 Å². The molecule has 190 valence electrons. The van der Waals surface area contributed by atoms with Gasteiger partial charge in [0.1, 0.15) is 6.10 Å². The van der Waals surface area contributed by atoms with Crippen molar-refractivity contribution in [1.82, 2.24) is 0 Å². The van der Waals surface area contributed by atoms with Crippen LogP contribution in [0.15, 0.2) is 36.5 Å². The van der Waals surface area contributed by atoms with Crippen LogP contribution in [0.1, 0.15) is 122 Å². The molecule has 0 radical (unpaired) electrons. The molecule has 0 bridgehead atoms. The Balaban J connectivity index is 3.22. The molecule has 0 aromatic rings. The predicted octanol–water partition coefficient (Wildman–Crippen LogP) is 8.15. The largest absolute Gasteiger partial charge is 0.472 e. The number of unbranched alkanes of at least 4 members (excludes halogenated alkanes) is 17. The lowest BCUT2D eigenvalue weighted by atomic mass is 10.1. The van der Waals surface area contributed by atoms with Crippen LogP contribution >= 0.6 is 0 Å². The van der Waals surface area contributed by atoms with E-state index in [1.165, 1.54) is 103 Å². The highest BCUT2D eigenvalue weighted by atomic mass is 16.4. The fourth-order valence-corrected chi connectivity index (χ4v) is 3.76. The second-order valence-corrected chi connectivity index (χ2v) is 8.95. The fraction of sp³-hybridized carbons (Fsp3) is 0.645. The van der Waals surface area contributed by atoms with Crippen LogP contribution in [0.25, 0.3) is 0 Å². The first-order chi connectivity index (χ1) is 16.7. The van der Waals surface area contributed by atoms with Gasteiger partial charge in [0, 0.05) is 5.92 Å². The minimum Gasteiger partial charge on any atom is -0.472 e. The van der Waals surface area contributed by atoms with E-state index in [9.17, 15) is 9.90 Å². The average molecular weight is 469 g/mol. The van der Waals surface area contributed by atoms with Gasteiger partial charge in [0.15, 0.2) is 0 Å². The van der Waals surface area contributed by atoms with Crippen LogP contribution in [0.4, 0.5) is 0 Å². The number of hydrogen-bond acceptors (Lipinski definition) is 2. The number of aliphatic carboxylic acids is 1. The van der Waals surface area contributed by atoms with Gasteiger partial charge >= 0.3 is 5.97 Å². The molecule has 3 nitrogen and oxygen atoms in total. The molecule has 0 heterocycles. The van der Waals surface area contributed by atoms with Crippen molar-refractivity contribution in [1.29, 1.82) is 0 Å². The first-order valence-electron chi connectivity index (χ1n) is 13.5. The minimum absolute atomic E-state index is 0.725. The molecule has 2 N–H and O–H groups in total. The van der Waals surface area contributed by atoms with Crippen LogP contribution in [0.2, 0.25) is 0 Å². The monoisotopic (exact) mass is 468 g/mol. The minimum atomic E-state index is -1.07. The molecule has 0 rings (SSSR count). The molecular formula is C31H48O3. The highest BCUT2D eigenvalue weighted by Gasteiger charge is 1.93. The summed E-state index contributed by atoms with van der Waals surface area (Å²) in [5.74, 6) is 5.80. The lowest BCUT2D eigenvalue weighted by molar-refractivity contribution is -0.130. The molecule has 0 aliphatic carbocycles. The lowest BCUT2D eigenvalue weighted by Crippen LogP contribution is -1.95. The van der Waals surface area contributed by atoms with E-state index in [1.807, 2.05) is 12.2 Å². The zero-order valence-electron chi connectivity index (χ0n) is 21.4. The standard InChI is InChI=1S/C31H48O3/c1-2-30(32)28-26-24-22-20-18-16-14-12-10-8-6-4-3-5-7-9-11-13-15-17-19-21-23-25-27-29-31(33)34/h1,4,6,23,25-26,28,30,32H,3,5,7-22,24H2,(H,33,34). The molecule has 0 saturated heterocycles. The van der Waals surface area contributed by atoms with Crippen molar-refractivity contribution in [2.24, 2.45) is 0 Å². The molecule has 0 fully saturated rings. The summed E-state index contributed by atoms with van der Waals surface area (Å²) in [6.45, 7) is 0. The van der Waals surface area contributed by atoms with Gasteiger partial charge in [0.05, 0.1) is 0 Å². The zero-order valence-corrected chi connectivity index (χ0v) is 21.4. The molecule has 0 aromatic carbocycles. The molecule has 1 unspecified atom stereocenters. The Morgan fingerprint density at radius 2 is 1.03 bits per heavy atom. The van der Waals surface area contributed by atoms with Crippen LogP contribution in [-0.2, 0) is 4.79 Å². The molecule has 0 aliphatic rings. The SMILES string of the molecule is C#CC(O)C=CCCCCCCCCCC=CCCCCCCCCCCC=CC#CC(=O)O. The van der Waals surface area contributed by atoms with E-state index in [2.05, 4.69) is 29.9 Å². The summed E-state index contributed by atoms with van der Waals surface area (Å²) >= 11 is 0. The zero-order chi connectivity index (χ0) is 25.0. The van der Waals surface area contributed by atoms with Crippen LogP contribution in [0.3, 0.4) is 0 Å². The van der Waals surface area contributed by atoms with Crippen molar-refractivity contribution in [3.05, 3.63) is 36.5 Å². The Bertz CT molecular complexity index is 654. The van der Waals surface area contributed by atoms with E-state index in [-0.39, 0.29) is 0 Å². The van der Waals surface area contributed by atoms with Crippen molar-refractivity contribution >= 4 is 5.97 Å². The smallest absolute Gasteiger partial charge is 0.382 e. The van der Waals surface area contributed by atoms with Crippen molar-refractivity contribution in [2.45, 2.75) is 128 Å². The number of carbonyl (C=O) groups is 1. The Morgan fingerprint density at radius 1 is 0.647 bits per heavy atom. The van der Waals surface area contributed by atoms with Gasteiger partial charge in [0.25, 0.3) is 0 Å². The van der Waals surface area contributed by atoms with Gasteiger partial charge in [-0.25, -0.2) is 4.79 Å². The van der Waals surface area contributed by atoms with Crippen LogP contribution in [0.5, 0.6) is 0 Å². The normalized spacial score (nSPS) is 12.2. The summed E-state index contributed by atoms with van der Waals surface area (Å²) in [7, 11) is 0. The number of allylic oxidation sites excluding steroid dienone is 5. The summed E-state index contributed by atoms with van der Waals surface area (Å²) in [6.07, 6.45) is 40.4. The van der Waals surface area contributed by atoms with E-state index in [0.717, 1.165) is 19.3 Å². The van der Waals surface area contributed by atoms with Gasteiger partial charge < -0.3 is 10.2 Å². The molecule has 1 atom stereocenters. The molecule has 0 aromatic heterocycles. The third kappa shape index (κ3) is 27.8. The maximum atomic E-state index is 10.2. The Kier molecular flexibility index (Phi) is 25.2. The second kappa shape index (κ2) is 27.0. The number of aliphatic hydroxyl groups excluding tert-OH is 1.